The SMILES string of the molecule is Cc1ccc(F)cc1NC(=O)C(C)Sc1ccc(F)cc1. The Balaban J connectivity index is 2.02. The van der Waals surface area contributed by atoms with E-state index in [-0.39, 0.29) is 17.0 Å². The summed E-state index contributed by atoms with van der Waals surface area (Å²) < 4.78 is 26.0. The van der Waals surface area contributed by atoms with Gasteiger partial charge in [-0.15, -0.1) is 11.8 Å². The molecule has 1 amide bonds. The fraction of sp³-hybridized carbons (Fsp3) is 0.188. The van der Waals surface area contributed by atoms with Crippen LogP contribution in [0.5, 0.6) is 0 Å². The Morgan fingerprint density at radius 1 is 1.10 bits per heavy atom. The minimum absolute atomic E-state index is 0.224. The zero-order valence-electron chi connectivity index (χ0n) is 11.7. The number of thioether (sulfide) groups is 1. The third kappa shape index (κ3) is 4.29. The van der Waals surface area contributed by atoms with Gasteiger partial charge in [0.25, 0.3) is 0 Å². The fourth-order valence-electron chi connectivity index (χ4n) is 1.73. The number of carbonyl (C=O) groups excluding carboxylic acids is 1. The Bertz CT molecular complexity index is 643. The molecule has 1 N–H and O–H groups in total. The molecule has 5 heteroatoms. The molecule has 0 aromatic heterocycles. The maximum Gasteiger partial charge on any atom is 0.237 e. The molecule has 0 saturated carbocycles. The van der Waals surface area contributed by atoms with E-state index in [1.165, 1.54) is 36.0 Å². The summed E-state index contributed by atoms with van der Waals surface area (Å²) in [4.78, 5) is 12.9. The highest BCUT2D eigenvalue weighted by molar-refractivity contribution is 8.00. The normalized spacial score (nSPS) is 12.0. The van der Waals surface area contributed by atoms with Crippen molar-refractivity contribution < 1.29 is 13.6 Å². The van der Waals surface area contributed by atoms with Crippen molar-refractivity contribution in [2.75, 3.05) is 5.32 Å². The first-order chi connectivity index (χ1) is 9.95. The minimum Gasteiger partial charge on any atom is -0.325 e. The largest absolute Gasteiger partial charge is 0.325 e. The topological polar surface area (TPSA) is 29.1 Å². The van der Waals surface area contributed by atoms with Crippen LogP contribution in [-0.4, -0.2) is 11.2 Å². The van der Waals surface area contributed by atoms with Crippen molar-refractivity contribution in [2.45, 2.75) is 24.0 Å². The molecule has 1 atom stereocenters. The van der Waals surface area contributed by atoms with Crippen LogP contribution in [0.1, 0.15) is 12.5 Å². The molecule has 110 valence electrons. The maximum atomic E-state index is 13.2. The van der Waals surface area contributed by atoms with Gasteiger partial charge in [0.2, 0.25) is 5.91 Å². The van der Waals surface area contributed by atoms with Crippen molar-refractivity contribution in [1.82, 2.24) is 0 Å². The number of anilines is 1. The highest BCUT2D eigenvalue weighted by atomic mass is 32.2. The number of benzene rings is 2. The number of nitrogens with one attached hydrogen (secondary N) is 1. The van der Waals surface area contributed by atoms with Gasteiger partial charge in [-0.2, -0.15) is 0 Å². The van der Waals surface area contributed by atoms with Gasteiger partial charge in [-0.1, -0.05) is 6.07 Å². The summed E-state index contributed by atoms with van der Waals surface area (Å²) in [5.74, 6) is -0.931. The molecule has 0 heterocycles. The smallest absolute Gasteiger partial charge is 0.237 e. The number of halogens is 2. The van der Waals surface area contributed by atoms with Crippen LogP contribution in [0.2, 0.25) is 0 Å². The van der Waals surface area contributed by atoms with Crippen molar-refractivity contribution in [3.05, 3.63) is 59.7 Å². The zero-order chi connectivity index (χ0) is 15.4. The highest BCUT2D eigenvalue weighted by Gasteiger charge is 2.15. The second-order valence-corrected chi connectivity index (χ2v) is 6.08. The predicted molar refractivity (Wildman–Crippen MR) is 81.5 cm³/mol. The number of rotatable bonds is 4. The van der Waals surface area contributed by atoms with Crippen LogP contribution in [0.3, 0.4) is 0 Å². The summed E-state index contributed by atoms with van der Waals surface area (Å²) in [7, 11) is 0. The van der Waals surface area contributed by atoms with Crippen LogP contribution in [-0.2, 0) is 4.79 Å². The van der Waals surface area contributed by atoms with Gasteiger partial charge in [0.1, 0.15) is 11.6 Å². The van der Waals surface area contributed by atoms with Gasteiger partial charge in [-0.05, 0) is 55.8 Å². The van der Waals surface area contributed by atoms with E-state index in [0.717, 1.165) is 10.5 Å². The molecular formula is C16H15F2NOS. The zero-order valence-corrected chi connectivity index (χ0v) is 12.5. The van der Waals surface area contributed by atoms with E-state index in [9.17, 15) is 13.6 Å². The lowest BCUT2D eigenvalue weighted by molar-refractivity contribution is -0.115. The first kappa shape index (κ1) is 15.5. The van der Waals surface area contributed by atoms with Crippen molar-refractivity contribution in [3.8, 4) is 0 Å². The Morgan fingerprint density at radius 3 is 2.38 bits per heavy atom. The Morgan fingerprint density at radius 2 is 1.71 bits per heavy atom. The molecule has 0 aliphatic carbocycles. The molecule has 0 aliphatic rings. The first-order valence-corrected chi connectivity index (χ1v) is 7.33. The van der Waals surface area contributed by atoms with Crippen LogP contribution in [0.25, 0.3) is 0 Å². The molecule has 2 aromatic carbocycles. The van der Waals surface area contributed by atoms with E-state index in [1.54, 1.807) is 32.0 Å². The van der Waals surface area contributed by atoms with Gasteiger partial charge in [0.05, 0.1) is 5.25 Å². The molecule has 0 fully saturated rings. The van der Waals surface area contributed by atoms with E-state index in [2.05, 4.69) is 5.32 Å². The van der Waals surface area contributed by atoms with E-state index < -0.39 is 5.82 Å². The van der Waals surface area contributed by atoms with Crippen LogP contribution in [0.4, 0.5) is 14.5 Å². The Hall–Kier alpha value is -1.88. The number of aryl methyl sites for hydroxylation is 1. The van der Waals surface area contributed by atoms with E-state index in [1.807, 2.05) is 0 Å². The van der Waals surface area contributed by atoms with Gasteiger partial charge < -0.3 is 5.32 Å². The summed E-state index contributed by atoms with van der Waals surface area (Å²) in [6, 6.07) is 10.2. The summed E-state index contributed by atoms with van der Waals surface area (Å²) in [6.45, 7) is 3.55. The number of hydrogen-bond acceptors (Lipinski definition) is 2. The second kappa shape index (κ2) is 6.72. The molecule has 1 unspecified atom stereocenters. The van der Waals surface area contributed by atoms with Gasteiger partial charge >= 0.3 is 0 Å². The van der Waals surface area contributed by atoms with E-state index >= 15 is 0 Å². The van der Waals surface area contributed by atoms with Crippen molar-refractivity contribution in [3.63, 3.8) is 0 Å². The fourth-order valence-corrected chi connectivity index (χ4v) is 2.60. The minimum atomic E-state index is -0.394. The highest BCUT2D eigenvalue weighted by Crippen LogP contribution is 2.25. The molecule has 21 heavy (non-hydrogen) atoms. The maximum absolute atomic E-state index is 13.2. The van der Waals surface area contributed by atoms with Crippen molar-refractivity contribution >= 4 is 23.4 Å². The third-order valence-electron chi connectivity index (χ3n) is 2.95. The first-order valence-electron chi connectivity index (χ1n) is 6.45. The summed E-state index contributed by atoms with van der Waals surface area (Å²) in [5, 5.41) is 2.33. The van der Waals surface area contributed by atoms with Crippen LogP contribution >= 0.6 is 11.8 Å². The standard InChI is InChI=1S/C16H15F2NOS/c1-10-3-4-13(18)9-15(10)19-16(20)11(2)21-14-7-5-12(17)6-8-14/h3-9,11H,1-2H3,(H,19,20). The molecule has 0 aliphatic heterocycles. The van der Waals surface area contributed by atoms with Gasteiger partial charge in [0.15, 0.2) is 0 Å². The summed E-state index contributed by atoms with van der Waals surface area (Å²) in [6.07, 6.45) is 0. The summed E-state index contributed by atoms with van der Waals surface area (Å²) >= 11 is 1.32. The van der Waals surface area contributed by atoms with Crippen LogP contribution in [0, 0.1) is 18.6 Å². The Kier molecular flexibility index (Phi) is 4.96. The molecule has 0 radical (unpaired) electrons. The Labute approximate surface area is 126 Å². The molecule has 2 nitrogen and oxygen atoms in total. The molecular weight excluding hydrogens is 292 g/mol. The van der Waals surface area contributed by atoms with Crippen molar-refractivity contribution in [2.24, 2.45) is 0 Å². The average Bonchev–Trinajstić information content (AvgIpc) is 2.45. The van der Waals surface area contributed by atoms with Crippen LogP contribution < -0.4 is 5.32 Å². The van der Waals surface area contributed by atoms with E-state index in [4.69, 9.17) is 0 Å². The molecule has 2 aromatic rings. The molecule has 0 spiro atoms. The lowest BCUT2D eigenvalue weighted by atomic mass is 10.2. The lowest BCUT2D eigenvalue weighted by Crippen LogP contribution is -2.22. The average molecular weight is 307 g/mol. The second-order valence-electron chi connectivity index (χ2n) is 4.66. The number of hydrogen-bond donors (Lipinski definition) is 1. The quantitative estimate of drug-likeness (QED) is 0.849. The van der Waals surface area contributed by atoms with Gasteiger partial charge in [-0.25, -0.2) is 8.78 Å². The summed E-state index contributed by atoms with van der Waals surface area (Å²) in [5.41, 5.74) is 1.26. The van der Waals surface area contributed by atoms with Crippen molar-refractivity contribution in [1.29, 1.82) is 0 Å². The van der Waals surface area contributed by atoms with Gasteiger partial charge in [0, 0.05) is 10.6 Å². The lowest BCUT2D eigenvalue weighted by Gasteiger charge is -2.13. The van der Waals surface area contributed by atoms with Crippen LogP contribution in [0.15, 0.2) is 47.4 Å². The molecule has 2 rings (SSSR count). The van der Waals surface area contributed by atoms with E-state index in [0.29, 0.717) is 5.69 Å². The molecule has 0 saturated heterocycles. The van der Waals surface area contributed by atoms with Gasteiger partial charge in [-0.3, -0.25) is 4.79 Å². The predicted octanol–water partition coefficient (Wildman–Crippen LogP) is 4.39. The monoisotopic (exact) mass is 307 g/mol. The molecule has 0 bridgehead atoms. The number of carbonyl (C=O) groups is 1. The number of amides is 1. The third-order valence-corrected chi connectivity index (χ3v) is 4.07.